The van der Waals surface area contributed by atoms with Crippen molar-refractivity contribution in [2.75, 3.05) is 14.2 Å². The summed E-state index contributed by atoms with van der Waals surface area (Å²) < 4.78 is 37.3. The molecule has 0 spiro atoms. The van der Waals surface area contributed by atoms with Crippen molar-refractivity contribution in [3.63, 3.8) is 0 Å². The summed E-state index contributed by atoms with van der Waals surface area (Å²) in [4.78, 5) is 11.9. The Labute approximate surface area is 154 Å². The first-order chi connectivity index (χ1) is 12.3. The van der Waals surface area contributed by atoms with Crippen LogP contribution >= 0.6 is 0 Å². The van der Waals surface area contributed by atoms with E-state index >= 15 is 0 Å². The maximum atomic E-state index is 12.6. The highest BCUT2D eigenvalue weighted by Gasteiger charge is 2.29. The fourth-order valence-electron chi connectivity index (χ4n) is 2.43. The van der Waals surface area contributed by atoms with Crippen LogP contribution in [0.25, 0.3) is 11.1 Å². The van der Waals surface area contributed by atoms with Crippen molar-refractivity contribution in [1.82, 2.24) is 4.72 Å². The van der Waals surface area contributed by atoms with Crippen molar-refractivity contribution >= 4 is 16.0 Å². The summed E-state index contributed by atoms with van der Waals surface area (Å²) in [7, 11) is -1.01. The van der Waals surface area contributed by atoms with Gasteiger partial charge in [-0.15, -0.1) is 0 Å². The summed E-state index contributed by atoms with van der Waals surface area (Å²) in [5, 5.41) is 0. The Morgan fingerprint density at radius 3 is 1.85 bits per heavy atom. The molecular formula is C19H23NO5S. The Bertz CT molecular complexity index is 843. The molecule has 1 N–H and O–H groups in total. The highest BCUT2D eigenvalue weighted by molar-refractivity contribution is 7.89. The third-order valence-corrected chi connectivity index (χ3v) is 5.45. The molecule has 0 fully saturated rings. The number of nitrogens with one attached hydrogen (secondary N) is 1. The Hall–Kier alpha value is -2.38. The topological polar surface area (TPSA) is 81.7 Å². The molecule has 0 aliphatic heterocycles. The van der Waals surface area contributed by atoms with Crippen LogP contribution in [0.4, 0.5) is 0 Å². The zero-order valence-corrected chi connectivity index (χ0v) is 16.0. The van der Waals surface area contributed by atoms with Gasteiger partial charge in [-0.1, -0.05) is 38.1 Å². The fourth-order valence-corrected chi connectivity index (χ4v) is 3.76. The molecule has 2 rings (SSSR count). The summed E-state index contributed by atoms with van der Waals surface area (Å²) in [6.07, 6.45) is 0. The van der Waals surface area contributed by atoms with Crippen LogP contribution in [-0.2, 0) is 19.6 Å². The number of carbonyl (C=O) groups excluding carboxylic acids is 1. The summed E-state index contributed by atoms with van der Waals surface area (Å²) in [5.74, 6) is -0.103. The molecule has 0 bridgehead atoms. The number of benzene rings is 2. The van der Waals surface area contributed by atoms with Gasteiger partial charge in [0.2, 0.25) is 10.0 Å². The molecule has 0 aliphatic rings. The number of methoxy groups -OCH3 is 2. The molecule has 0 heterocycles. The Kier molecular flexibility index (Phi) is 6.39. The Balaban J connectivity index is 2.23. The molecule has 140 valence electrons. The minimum absolute atomic E-state index is 0.0873. The molecule has 26 heavy (non-hydrogen) atoms. The maximum absolute atomic E-state index is 12.6. The van der Waals surface area contributed by atoms with E-state index in [2.05, 4.69) is 9.46 Å². The van der Waals surface area contributed by atoms with Gasteiger partial charge in [0, 0.05) is 0 Å². The third kappa shape index (κ3) is 4.62. The van der Waals surface area contributed by atoms with Crippen LogP contribution in [0.1, 0.15) is 13.8 Å². The predicted octanol–water partition coefficient (Wildman–Crippen LogP) is 2.84. The lowest BCUT2D eigenvalue weighted by molar-refractivity contribution is -0.143. The number of hydrogen-bond acceptors (Lipinski definition) is 5. The number of ether oxygens (including phenoxy) is 2. The van der Waals surface area contributed by atoms with Crippen LogP contribution in [0.2, 0.25) is 0 Å². The highest BCUT2D eigenvalue weighted by atomic mass is 32.2. The van der Waals surface area contributed by atoms with Crippen molar-refractivity contribution < 1.29 is 22.7 Å². The predicted molar refractivity (Wildman–Crippen MR) is 99.4 cm³/mol. The Morgan fingerprint density at radius 1 is 0.923 bits per heavy atom. The average molecular weight is 377 g/mol. The minimum Gasteiger partial charge on any atom is -0.497 e. The summed E-state index contributed by atoms with van der Waals surface area (Å²) in [6, 6.07) is 13.0. The van der Waals surface area contributed by atoms with E-state index < -0.39 is 22.0 Å². The first kappa shape index (κ1) is 19.9. The standard InChI is InChI=1S/C19H23NO5S/c1-13(2)18(19(21)25-4)20-26(22,23)17-11-7-15(8-12-17)14-5-9-16(24-3)10-6-14/h5-13,18,20H,1-4H3/t18-/m0/s1. The van der Waals surface area contributed by atoms with E-state index in [0.29, 0.717) is 0 Å². The lowest BCUT2D eigenvalue weighted by Gasteiger charge is -2.19. The molecule has 7 heteroatoms. The first-order valence-electron chi connectivity index (χ1n) is 8.13. The zero-order valence-electron chi connectivity index (χ0n) is 15.2. The normalized spacial score (nSPS) is 12.7. The molecule has 0 saturated heterocycles. The van der Waals surface area contributed by atoms with Gasteiger partial charge >= 0.3 is 5.97 Å². The summed E-state index contributed by atoms with van der Waals surface area (Å²) in [5.41, 5.74) is 1.82. The largest absolute Gasteiger partial charge is 0.497 e. The lowest BCUT2D eigenvalue weighted by atomic mass is 10.1. The van der Waals surface area contributed by atoms with Crippen molar-refractivity contribution in [2.24, 2.45) is 5.92 Å². The Morgan fingerprint density at radius 2 is 1.42 bits per heavy atom. The molecule has 0 aliphatic carbocycles. The van der Waals surface area contributed by atoms with Crippen LogP contribution in [0.15, 0.2) is 53.4 Å². The van der Waals surface area contributed by atoms with Crippen molar-refractivity contribution in [1.29, 1.82) is 0 Å². The molecule has 2 aromatic carbocycles. The maximum Gasteiger partial charge on any atom is 0.324 e. The van der Waals surface area contributed by atoms with E-state index in [1.165, 1.54) is 19.2 Å². The smallest absolute Gasteiger partial charge is 0.324 e. The van der Waals surface area contributed by atoms with E-state index in [1.54, 1.807) is 33.1 Å². The van der Waals surface area contributed by atoms with E-state index in [-0.39, 0.29) is 10.8 Å². The van der Waals surface area contributed by atoms with Gasteiger partial charge in [-0.25, -0.2) is 8.42 Å². The van der Waals surface area contributed by atoms with Gasteiger partial charge in [-0.2, -0.15) is 4.72 Å². The van der Waals surface area contributed by atoms with E-state index in [0.717, 1.165) is 16.9 Å². The number of carbonyl (C=O) groups is 1. The van der Waals surface area contributed by atoms with Crippen LogP contribution < -0.4 is 9.46 Å². The third-order valence-electron chi connectivity index (χ3n) is 3.99. The van der Waals surface area contributed by atoms with Crippen LogP contribution in [0.5, 0.6) is 5.75 Å². The van der Waals surface area contributed by atoms with Gasteiger partial charge in [0.25, 0.3) is 0 Å². The molecule has 2 aromatic rings. The zero-order chi connectivity index (χ0) is 19.3. The monoisotopic (exact) mass is 377 g/mol. The number of hydrogen-bond donors (Lipinski definition) is 1. The first-order valence-corrected chi connectivity index (χ1v) is 9.61. The van der Waals surface area contributed by atoms with Gasteiger partial charge in [-0.3, -0.25) is 4.79 Å². The summed E-state index contributed by atoms with van der Waals surface area (Å²) in [6.45, 7) is 3.49. The van der Waals surface area contributed by atoms with E-state index in [9.17, 15) is 13.2 Å². The number of rotatable bonds is 7. The average Bonchev–Trinajstić information content (AvgIpc) is 2.65. The van der Waals surface area contributed by atoms with Gasteiger partial charge < -0.3 is 9.47 Å². The molecule has 0 saturated carbocycles. The SMILES string of the molecule is COC(=O)[C@@H](NS(=O)(=O)c1ccc(-c2ccc(OC)cc2)cc1)C(C)C. The molecule has 1 atom stereocenters. The van der Waals surface area contributed by atoms with Gasteiger partial charge in [0.1, 0.15) is 11.8 Å². The van der Waals surface area contributed by atoms with Crippen LogP contribution in [0.3, 0.4) is 0 Å². The van der Waals surface area contributed by atoms with Gasteiger partial charge in [0.05, 0.1) is 19.1 Å². The van der Waals surface area contributed by atoms with E-state index in [4.69, 9.17) is 4.74 Å². The number of sulfonamides is 1. The lowest BCUT2D eigenvalue weighted by Crippen LogP contribution is -2.44. The molecule has 0 amide bonds. The quantitative estimate of drug-likeness (QED) is 0.751. The van der Waals surface area contributed by atoms with Gasteiger partial charge in [-0.05, 0) is 41.3 Å². The van der Waals surface area contributed by atoms with Crippen molar-refractivity contribution in [3.05, 3.63) is 48.5 Å². The van der Waals surface area contributed by atoms with Crippen LogP contribution in [-0.4, -0.2) is 34.6 Å². The fraction of sp³-hybridized carbons (Fsp3) is 0.316. The molecule has 6 nitrogen and oxygen atoms in total. The summed E-state index contributed by atoms with van der Waals surface area (Å²) >= 11 is 0. The molecule has 0 aromatic heterocycles. The van der Waals surface area contributed by atoms with Crippen LogP contribution in [0, 0.1) is 5.92 Å². The van der Waals surface area contributed by atoms with Gasteiger partial charge in [0.15, 0.2) is 0 Å². The second kappa shape index (κ2) is 8.33. The second-order valence-electron chi connectivity index (χ2n) is 6.12. The van der Waals surface area contributed by atoms with Crippen molar-refractivity contribution in [3.8, 4) is 16.9 Å². The molecule has 0 unspecified atom stereocenters. The minimum atomic E-state index is -3.84. The molecule has 0 radical (unpaired) electrons. The van der Waals surface area contributed by atoms with E-state index in [1.807, 2.05) is 24.3 Å². The highest BCUT2D eigenvalue weighted by Crippen LogP contribution is 2.24. The molecular weight excluding hydrogens is 354 g/mol. The second-order valence-corrected chi connectivity index (χ2v) is 7.83. The van der Waals surface area contributed by atoms with Crippen molar-refractivity contribution in [2.45, 2.75) is 24.8 Å². The number of esters is 1.